The fraction of sp³-hybridized carbons (Fsp3) is 0.500. The van der Waals surface area contributed by atoms with Crippen LogP contribution in [0.3, 0.4) is 0 Å². The molecule has 0 spiro atoms. The largest absolute Gasteiger partial charge is 0.468 e. The van der Waals surface area contributed by atoms with Crippen molar-refractivity contribution in [2.75, 3.05) is 13.7 Å². The number of fused-ring (bicyclic) bond motifs is 1. The standard InChI is InChI=1S/C16H18O6/c1-9-4-5-11(8-22-10(2)17)14-12(18)6-7-13(19)16(9,14)15(20)21-3/h4-7,9,11,14H,8H2,1-3H3/t9-,11-,14?,16-/m0/s1. The van der Waals surface area contributed by atoms with Crippen LogP contribution in [0.5, 0.6) is 0 Å². The highest BCUT2D eigenvalue weighted by Gasteiger charge is 2.62. The lowest BCUT2D eigenvalue weighted by molar-refractivity contribution is -0.170. The molecule has 0 saturated carbocycles. The van der Waals surface area contributed by atoms with Crippen molar-refractivity contribution in [3.05, 3.63) is 24.3 Å². The average Bonchev–Trinajstić information content (AvgIpc) is 2.49. The van der Waals surface area contributed by atoms with Crippen molar-refractivity contribution >= 4 is 23.5 Å². The van der Waals surface area contributed by atoms with Gasteiger partial charge in [0.2, 0.25) is 0 Å². The Morgan fingerprint density at radius 1 is 1.23 bits per heavy atom. The van der Waals surface area contributed by atoms with E-state index in [0.29, 0.717) is 0 Å². The third-order valence-electron chi connectivity index (χ3n) is 4.40. The molecular weight excluding hydrogens is 288 g/mol. The van der Waals surface area contributed by atoms with Crippen LogP contribution in [0.4, 0.5) is 0 Å². The SMILES string of the molecule is COC(=O)[C@@]12C(=O)C=CC(=O)C1[C@H](COC(C)=O)C=C[C@@H]2C. The number of carbonyl (C=O) groups excluding carboxylic acids is 4. The fourth-order valence-electron chi connectivity index (χ4n) is 3.35. The second-order valence-corrected chi connectivity index (χ2v) is 5.58. The summed E-state index contributed by atoms with van der Waals surface area (Å²) in [4.78, 5) is 48.3. The molecule has 0 heterocycles. The highest BCUT2D eigenvalue weighted by atomic mass is 16.5. The zero-order chi connectivity index (χ0) is 16.5. The molecular formula is C16H18O6. The quantitative estimate of drug-likeness (QED) is 0.436. The number of carbonyl (C=O) groups is 4. The van der Waals surface area contributed by atoms with E-state index in [4.69, 9.17) is 9.47 Å². The summed E-state index contributed by atoms with van der Waals surface area (Å²) in [6.07, 6.45) is 5.74. The van der Waals surface area contributed by atoms with Gasteiger partial charge in [0.15, 0.2) is 11.6 Å². The third kappa shape index (κ3) is 2.28. The van der Waals surface area contributed by atoms with Crippen LogP contribution in [0.1, 0.15) is 13.8 Å². The van der Waals surface area contributed by atoms with Gasteiger partial charge in [-0.2, -0.15) is 0 Å². The molecule has 0 aromatic heterocycles. The molecule has 1 unspecified atom stereocenters. The van der Waals surface area contributed by atoms with E-state index < -0.39 is 40.9 Å². The second-order valence-electron chi connectivity index (χ2n) is 5.58. The molecule has 0 bridgehead atoms. The van der Waals surface area contributed by atoms with Crippen LogP contribution < -0.4 is 0 Å². The van der Waals surface area contributed by atoms with Crippen LogP contribution in [-0.2, 0) is 28.7 Å². The van der Waals surface area contributed by atoms with Crippen LogP contribution >= 0.6 is 0 Å². The van der Waals surface area contributed by atoms with Gasteiger partial charge in [0.25, 0.3) is 0 Å². The second kappa shape index (κ2) is 5.87. The van der Waals surface area contributed by atoms with Gasteiger partial charge < -0.3 is 9.47 Å². The van der Waals surface area contributed by atoms with E-state index in [1.165, 1.54) is 20.1 Å². The lowest BCUT2D eigenvalue weighted by Gasteiger charge is -2.45. The first kappa shape index (κ1) is 16.1. The first-order chi connectivity index (χ1) is 10.4. The fourth-order valence-corrected chi connectivity index (χ4v) is 3.35. The number of esters is 2. The highest BCUT2D eigenvalue weighted by molar-refractivity contribution is 6.19. The zero-order valence-electron chi connectivity index (χ0n) is 12.7. The van der Waals surface area contributed by atoms with Crippen LogP contribution in [0.2, 0.25) is 0 Å². The van der Waals surface area contributed by atoms with Crippen LogP contribution in [0, 0.1) is 23.2 Å². The van der Waals surface area contributed by atoms with Gasteiger partial charge in [-0.25, -0.2) is 0 Å². The first-order valence-corrected chi connectivity index (χ1v) is 7.02. The summed E-state index contributed by atoms with van der Waals surface area (Å²) in [6.45, 7) is 2.90. The summed E-state index contributed by atoms with van der Waals surface area (Å²) in [7, 11) is 1.19. The van der Waals surface area contributed by atoms with E-state index >= 15 is 0 Å². The smallest absolute Gasteiger partial charge is 0.321 e. The normalized spacial score (nSPS) is 33.3. The maximum atomic E-state index is 12.5. The molecule has 0 aromatic carbocycles. The van der Waals surface area contributed by atoms with Gasteiger partial charge >= 0.3 is 11.9 Å². The summed E-state index contributed by atoms with van der Waals surface area (Å²) >= 11 is 0. The Labute approximate surface area is 128 Å². The lowest BCUT2D eigenvalue weighted by Crippen LogP contribution is -2.58. The van der Waals surface area contributed by atoms with Crippen molar-refractivity contribution < 1.29 is 28.7 Å². The minimum Gasteiger partial charge on any atom is -0.468 e. The Balaban J connectivity index is 2.53. The Hall–Kier alpha value is -2.24. The molecule has 2 aliphatic carbocycles. The monoisotopic (exact) mass is 306 g/mol. The number of hydrogen-bond acceptors (Lipinski definition) is 6. The summed E-state index contributed by atoms with van der Waals surface area (Å²) in [5, 5.41) is 0. The topological polar surface area (TPSA) is 86.7 Å². The van der Waals surface area contributed by atoms with Gasteiger partial charge in [0, 0.05) is 12.8 Å². The molecule has 0 saturated heterocycles. The van der Waals surface area contributed by atoms with Gasteiger partial charge in [-0.15, -0.1) is 0 Å². The molecule has 6 heteroatoms. The number of methoxy groups -OCH3 is 1. The summed E-state index contributed by atoms with van der Waals surface area (Å²) in [5.74, 6) is -3.95. The number of ether oxygens (including phenoxy) is 2. The molecule has 6 nitrogen and oxygen atoms in total. The van der Waals surface area contributed by atoms with Crippen LogP contribution in [-0.4, -0.2) is 37.2 Å². The van der Waals surface area contributed by atoms with Crippen molar-refractivity contribution in [3.63, 3.8) is 0 Å². The zero-order valence-corrected chi connectivity index (χ0v) is 12.7. The molecule has 118 valence electrons. The van der Waals surface area contributed by atoms with Gasteiger partial charge in [0.05, 0.1) is 19.6 Å². The van der Waals surface area contributed by atoms with E-state index in [-0.39, 0.29) is 12.4 Å². The minimum absolute atomic E-state index is 0.0607. The van der Waals surface area contributed by atoms with Gasteiger partial charge in [0.1, 0.15) is 5.41 Å². The minimum atomic E-state index is -1.58. The van der Waals surface area contributed by atoms with E-state index in [0.717, 1.165) is 6.08 Å². The molecule has 0 aromatic rings. The van der Waals surface area contributed by atoms with E-state index in [9.17, 15) is 19.2 Å². The third-order valence-corrected chi connectivity index (χ3v) is 4.40. The van der Waals surface area contributed by atoms with Crippen molar-refractivity contribution in [2.24, 2.45) is 23.2 Å². The predicted octanol–water partition coefficient (Wildman–Crippen LogP) is 0.855. The maximum absolute atomic E-state index is 12.5. The molecule has 0 aliphatic heterocycles. The Kier molecular flexibility index (Phi) is 4.30. The number of rotatable bonds is 3. The molecule has 2 rings (SSSR count). The molecule has 2 aliphatic rings. The summed E-state index contributed by atoms with van der Waals surface area (Å²) < 4.78 is 9.80. The average molecular weight is 306 g/mol. The van der Waals surface area contributed by atoms with E-state index in [1.54, 1.807) is 19.1 Å². The van der Waals surface area contributed by atoms with E-state index in [2.05, 4.69) is 0 Å². The molecule has 0 radical (unpaired) electrons. The molecule has 0 amide bonds. The number of hydrogen-bond donors (Lipinski definition) is 0. The van der Waals surface area contributed by atoms with Gasteiger partial charge in [-0.3, -0.25) is 19.2 Å². The van der Waals surface area contributed by atoms with Crippen LogP contribution in [0.15, 0.2) is 24.3 Å². The van der Waals surface area contributed by atoms with Crippen molar-refractivity contribution in [1.82, 2.24) is 0 Å². The summed E-state index contributed by atoms with van der Waals surface area (Å²) in [6, 6.07) is 0. The lowest BCUT2D eigenvalue weighted by atomic mass is 9.54. The van der Waals surface area contributed by atoms with Crippen molar-refractivity contribution in [1.29, 1.82) is 0 Å². The molecule has 22 heavy (non-hydrogen) atoms. The highest BCUT2D eigenvalue weighted by Crippen LogP contribution is 2.49. The Morgan fingerprint density at radius 2 is 1.91 bits per heavy atom. The van der Waals surface area contributed by atoms with Crippen LogP contribution in [0.25, 0.3) is 0 Å². The Morgan fingerprint density at radius 3 is 2.50 bits per heavy atom. The number of ketones is 2. The summed E-state index contributed by atoms with van der Waals surface area (Å²) in [5.41, 5.74) is -1.58. The molecule has 4 atom stereocenters. The van der Waals surface area contributed by atoms with Gasteiger partial charge in [-0.1, -0.05) is 19.1 Å². The Bertz CT molecular complexity index is 587. The predicted molar refractivity (Wildman–Crippen MR) is 75.5 cm³/mol. The number of allylic oxidation sites excluding steroid dienone is 3. The first-order valence-electron chi connectivity index (χ1n) is 7.02. The maximum Gasteiger partial charge on any atom is 0.321 e. The van der Waals surface area contributed by atoms with E-state index in [1.807, 2.05) is 0 Å². The molecule has 0 fully saturated rings. The molecule has 0 N–H and O–H groups in total. The van der Waals surface area contributed by atoms with Crippen molar-refractivity contribution in [2.45, 2.75) is 13.8 Å². The van der Waals surface area contributed by atoms with Crippen molar-refractivity contribution in [3.8, 4) is 0 Å². The van der Waals surface area contributed by atoms with Gasteiger partial charge in [-0.05, 0) is 18.1 Å².